The van der Waals surface area contributed by atoms with Gasteiger partial charge in [0.2, 0.25) is 0 Å². The molecule has 0 fully saturated rings. The van der Waals surface area contributed by atoms with Crippen LogP contribution in [0.4, 0.5) is 0 Å². The van der Waals surface area contributed by atoms with Crippen molar-refractivity contribution in [3.8, 4) is 0 Å². The molecule has 2 heteroatoms. The lowest BCUT2D eigenvalue weighted by Crippen LogP contribution is -1.95. The molecule has 0 aliphatic heterocycles. The lowest BCUT2D eigenvalue weighted by atomic mass is 10.0. The monoisotopic (exact) mass is 264 g/mol. The van der Waals surface area contributed by atoms with E-state index < -0.39 is 0 Å². The van der Waals surface area contributed by atoms with E-state index in [2.05, 4.69) is 52.3 Å². The fraction of sp³-hybridized carbons (Fsp3) is 0.231. The Morgan fingerprint density at radius 1 is 1.13 bits per heavy atom. The van der Waals surface area contributed by atoms with E-state index in [9.17, 15) is 0 Å². The van der Waals surface area contributed by atoms with Gasteiger partial charge in [-0.15, -0.1) is 0 Å². The van der Waals surface area contributed by atoms with Crippen LogP contribution >= 0.6 is 15.9 Å². The molecule has 0 saturated carbocycles. The van der Waals surface area contributed by atoms with E-state index in [0.29, 0.717) is 0 Å². The minimum atomic E-state index is 0.764. The zero-order chi connectivity index (χ0) is 10.7. The fourth-order valence-electron chi connectivity index (χ4n) is 1.79. The molecular weight excluding hydrogens is 252 g/mol. The highest BCUT2D eigenvalue weighted by molar-refractivity contribution is 9.10. The Hall–Kier alpha value is -0.860. The second-order valence-corrected chi connectivity index (χ2v) is 4.35. The minimum Gasteiger partial charge on any atom is -0.384 e. The third-order valence-electron chi connectivity index (χ3n) is 2.52. The van der Waals surface area contributed by atoms with Crippen molar-refractivity contribution in [2.45, 2.75) is 6.42 Å². The van der Waals surface area contributed by atoms with Crippen molar-refractivity contribution in [3.05, 3.63) is 46.4 Å². The third kappa shape index (κ3) is 2.21. The van der Waals surface area contributed by atoms with Gasteiger partial charge in [-0.1, -0.05) is 46.3 Å². The highest BCUT2D eigenvalue weighted by Gasteiger charge is 2.03. The molecule has 0 N–H and O–H groups in total. The Kier molecular flexibility index (Phi) is 3.39. The fourth-order valence-corrected chi connectivity index (χ4v) is 2.43. The van der Waals surface area contributed by atoms with Crippen LogP contribution in [0.25, 0.3) is 10.8 Å². The van der Waals surface area contributed by atoms with Crippen molar-refractivity contribution < 1.29 is 4.74 Å². The van der Waals surface area contributed by atoms with Gasteiger partial charge in [-0.2, -0.15) is 0 Å². The van der Waals surface area contributed by atoms with Gasteiger partial charge < -0.3 is 4.74 Å². The first-order chi connectivity index (χ1) is 7.33. The molecule has 0 radical (unpaired) electrons. The molecule has 0 amide bonds. The van der Waals surface area contributed by atoms with Crippen LogP contribution in [-0.4, -0.2) is 13.7 Å². The Morgan fingerprint density at radius 3 is 2.60 bits per heavy atom. The topological polar surface area (TPSA) is 9.23 Å². The molecular formula is C13H13BrO. The molecule has 0 spiro atoms. The standard InChI is InChI=1S/C13H13BrO/c1-15-9-8-11-5-2-4-10-6-3-7-12(14)13(10)11/h2-7H,8-9H2,1H3. The lowest BCUT2D eigenvalue weighted by molar-refractivity contribution is 0.202. The second kappa shape index (κ2) is 4.77. The molecule has 0 aliphatic rings. The van der Waals surface area contributed by atoms with Crippen LogP contribution in [0.2, 0.25) is 0 Å². The maximum atomic E-state index is 5.12. The summed E-state index contributed by atoms with van der Waals surface area (Å²) in [5.41, 5.74) is 1.34. The Morgan fingerprint density at radius 2 is 1.87 bits per heavy atom. The number of rotatable bonds is 3. The molecule has 0 heterocycles. The predicted octanol–water partition coefficient (Wildman–Crippen LogP) is 3.79. The third-order valence-corrected chi connectivity index (χ3v) is 3.18. The van der Waals surface area contributed by atoms with Gasteiger partial charge in [-0.25, -0.2) is 0 Å². The highest BCUT2D eigenvalue weighted by Crippen LogP contribution is 2.27. The van der Waals surface area contributed by atoms with Gasteiger partial charge >= 0.3 is 0 Å². The molecule has 0 aliphatic carbocycles. The molecule has 0 atom stereocenters. The average Bonchev–Trinajstić information content (AvgIpc) is 2.26. The Labute approximate surface area is 98.2 Å². The summed E-state index contributed by atoms with van der Waals surface area (Å²) in [7, 11) is 1.74. The van der Waals surface area contributed by atoms with E-state index in [0.717, 1.165) is 17.5 Å². The number of fused-ring (bicyclic) bond motifs is 1. The van der Waals surface area contributed by atoms with Gasteiger partial charge in [0.15, 0.2) is 0 Å². The van der Waals surface area contributed by atoms with Crippen LogP contribution in [0.3, 0.4) is 0 Å². The summed E-state index contributed by atoms with van der Waals surface area (Å²) in [6.07, 6.45) is 0.955. The number of methoxy groups -OCH3 is 1. The summed E-state index contributed by atoms with van der Waals surface area (Å²) < 4.78 is 6.28. The number of hydrogen-bond donors (Lipinski definition) is 0. The molecule has 15 heavy (non-hydrogen) atoms. The second-order valence-electron chi connectivity index (χ2n) is 3.50. The summed E-state index contributed by atoms with van der Waals surface area (Å²) in [4.78, 5) is 0. The first kappa shape index (κ1) is 10.7. The molecule has 2 aromatic carbocycles. The average molecular weight is 265 g/mol. The highest BCUT2D eigenvalue weighted by atomic mass is 79.9. The number of halogens is 1. The van der Waals surface area contributed by atoms with Crippen LogP contribution < -0.4 is 0 Å². The normalized spacial score (nSPS) is 10.8. The van der Waals surface area contributed by atoms with Gasteiger partial charge in [0.25, 0.3) is 0 Å². The number of ether oxygens (including phenoxy) is 1. The van der Waals surface area contributed by atoms with Gasteiger partial charge in [0.1, 0.15) is 0 Å². The van der Waals surface area contributed by atoms with E-state index >= 15 is 0 Å². The minimum absolute atomic E-state index is 0.764. The van der Waals surface area contributed by atoms with Crippen molar-refractivity contribution in [2.24, 2.45) is 0 Å². The van der Waals surface area contributed by atoms with E-state index in [4.69, 9.17) is 4.74 Å². The largest absolute Gasteiger partial charge is 0.384 e. The Bertz CT molecular complexity index is 460. The van der Waals surface area contributed by atoms with Crippen molar-refractivity contribution in [1.29, 1.82) is 0 Å². The molecule has 2 rings (SSSR count). The Balaban J connectivity index is 2.53. The molecule has 2 aromatic rings. The summed E-state index contributed by atoms with van der Waals surface area (Å²) in [5, 5.41) is 2.58. The first-order valence-corrected chi connectivity index (χ1v) is 5.77. The molecule has 0 bridgehead atoms. The van der Waals surface area contributed by atoms with Crippen LogP contribution in [0.15, 0.2) is 40.9 Å². The number of benzene rings is 2. The quantitative estimate of drug-likeness (QED) is 0.820. The van der Waals surface area contributed by atoms with Crippen molar-refractivity contribution in [1.82, 2.24) is 0 Å². The molecule has 1 nitrogen and oxygen atoms in total. The van der Waals surface area contributed by atoms with Gasteiger partial charge in [0, 0.05) is 11.6 Å². The van der Waals surface area contributed by atoms with Crippen LogP contribution in [0, 0.1) is 0 Å². The van der Waals surface area contributed by atoms with E-state index in [1.165, 1.54) is 16.3 Å². The van der Waals surface area contributed by atoms with Crippen LogP contribution in [0.1, 0.15) is 5.56 Å². The summed E-state index contributed by atoms with van der Waals surface area (Å²) in [6, 6.07) is 12.7. The number of hydrogen-bond acceptors (Lipinski definition) is 1. The smallest absolute Gasteiger partial charge is 0.0502 e. The zero-order valence-corrected chi connectivity index (χ0v) is 10.3. The summed E-state index contributed by atoms with van der Waals surface area (Å²) in [5.74, 6) is 0. The van der Waals surface area contributed by atoms with E-state index in [-0.39, 0.29) is 0 Å². The molecule has 0 saturated heterocycles. The van der Waals surface area contributed by atoms with Gasteiger partial charge in [-0.05, 0) is 28.8 Å². The van der Waals surface area contributed by atoms with E-state index in [1.807, 2.05) is 0 Å². The lowest BCUT2D eigenvalue weighted by Gasteiger charge is -2.07. The van der Waals surface area contributed by atoms with E-state index in [1.54, 1.807) is 7.11 Å². The van der Waals surface area contributed by atoms with Gasteiger partial charge in [0.05, 0.1) is 6.61 Å². The SMILES string of the molecule is COCCc1cccc2cccc(Br)c12. The molecule has 78 valence electrons. The van der Waals surface area contributed by atoms with Crippen molar-refractivity contribution in [3.63, 3.8) is 0 Å². The van der Waals surface area contributed by atoms with Crippen molar-refractivity contribution >= 4 is 26.7 Å². The summed E-state index contributed by atoms with van der Waals surface area (Å²) >= 11 is 3.60. The van der Waals surface area contributed by atoms with Crippen LogP contribution in [0.5, 0.6) is 0 Å². The maximum Gasteiger partial charge on any atom is 0.0502 e. The molecule has 0 aromatic heterocycles. The predicted molar refractivity (Wildman–Crippen MR) is 67.2 cm³/mol. The maximum absolute atomic E-state index is 5.12. The van der Waals surface area contributed by atoms with Crippen molar-refractivity contribution in [2.75, 3.05) is 13.7 Å². The van der Waals surface area contributed by atoms with Crippen LogP contribution in [-0.2, 0) is 11.2 Å². The summed E-state index contributed by atoms with van der Waals surface area (Å²) in [6.45, 7) is 0.764. The first-order valence-electron chi connectivity index (χ1n) is 4.98. The van der Waals surface area contributed by atoms with Gasteiger partial charge in [-0.3, -0.25) is 0 Å². The molecule has 0 unspecified atom stereocenters. The zero-order valence-electron chi connectivity index (χ0n) is 8.66.